The van der Waals surface area contributed by atoms with E-state index in [1.165, 1.54) is 0 Å². The summed E-state index contributed by atoms with van der Waals surface area (Å²) in [7, 11) is 1.60. The molecule has 0 N–H and O–H groups in total. The van der Waals surface area contributed by atoms with E-state index in [1.54, 1.807) is 13.2 Å². The van der Waals surface area contributed by atoms with Gasteiger partial charge in [-0.3, -0.25) is 4.79 Å². The number of furan rings is 1. The number of carbonyl (C=O) groups excluding carboxylic acids is 1. The van der Waals surface area contributed by atoms with Gasteiger partial charge in [-0.1, -0.05) is 18.2 Å². The number of hydrogen-bond acceptors (Lipinski definition) is 3. The second-order valence-electron chi connectivity index (χ2n) is 4.28. The number of benzene rings is 1. The second kappa shape index (κ2) is 4.72. The van der Waals surface area contributed by atoms with E-state index >= 15 is 0 Å². The van der Waals surface area contributed by atoms with E-state index in [1.807, 2.05) is 32.0 Å². The summed E-state index contributed by atoms with van der Waals surface area (Å²) >= 11 is 0. The van der Waals surface area contributed by atoms with Crippen molar-refractivity contribution in [3.05, 3.63) is 35.6 Å². The van der Waals surface area contributed by atoms with Gasteiger partial charge in [0.2, 0.25) is 5.78 Å². The molecule has 1 heterocycles. The van der Waals surface area contributed by atoms with Crippen LogP contribution in [-0.2, 0) is 4.74 Å². The summed E-state index contributed by atoms with van der Waals surface area (Å²) in [6.45, 7) is 3.84. The minimum atomic E-state index is -0.0863. The summed E-state index contributed by atoms with van der Waals surface area (Å²) in [6.07, 6.45) is 0.256. The van der Waals surface area contributed by atoms with Crippen LogP contribution in [0.4, 0.5) is 0 Å². The maximum atomic E-state index is 11.9. The van der Waals surface area contributed by atoms with E-state index in [0.29, 0.717) is 12.2 Å². The third-order valence-corrected chi connectivity index (χ3v) is 2.89. The van der Waals surface area contributed by atoms with E-state index in [2.05, 4.69) is 0 Å². The molecule has 1 atom stereocenters. The first-order chi connectivity index (χ1) is 8.11. The highest BCUT2D eigenvalue weighted by atomic mass is 16.5. The Bertz CT molecular complexity index is 539. The highest BCUT2D eigenvalue weighted by molar-refractivity contribution is 5.98. The maximum Gasteiger partial charge on any atom is 0.200 e. The van der Waals surface area contributed by atoms with E-state index in [0.717, 1.165) is 16.5 Å². The molecule has 90 valence electrons. The quantitative estimate of drug-likeness (QED) is 0.759. The number of methoxy groups -OCH3 is 1. The number of ether oxygens (including phenoxy) is 1. The van der Waals surface area contributed by atoms with Crippen LogP contribution in [0.5, 0.6) is 0 Å². The summed E-state index contributed by atoms with van der Waals surface area (Å²) in [6, 6.07) is 7.67. The lowest BCUT2D eigenvalue weighted by Crippen LogP contribution is -2.11. The smallest absolute Gasteiger partial charge is 0.200 e. The molecule has 1 aromatic heterocycles. The molecule has 0 spiro atoms. The number of hydrogen-bond donors (Lipinski definition) is 0. The van der Waals surface area contributed by atoms with Crippen LogP contribution in [0, 0.1) is 6.92 Å². The molecule has 2 rings (SSSR count). The maximum absolute atomic E-state index is 11.9. The summed E-state index contributed by atoms with van der Waals surface area (Å²) in [5, 5.41) is 0.971. The van der Waals surface area contributed by atoms with Gasteiger partial charge in [0.05, 0.1) is 6.10 Å². The number of rotatable bonds is 4. The predicted molar refractivity (Wildman–Crippen MR) is 66.4 cm³/mol. The third-order valence-electron chi connectivity index (χ3n) is 2.89. The largest absolute Gasteiger partial charge is 0.453 e. The topological polar surface area (TPSA) is 39.4 Å². The van der Waals surface area contributed by atoms with Crippen molar-refractivity contribution in [2.24, 2.45) is 0 Å². The highest BCUT2D eigenvalue weighted by Crippen LogP contribution is 2.23. The average Bonchev–Trinajstić information content (AvgIpc) is 2.74. The highest BCUT2D eigenvalue weighted by Gasteiger charge is 2.15. The van der Waals surface area contributed by atoms with Crippen LogP contribution >= 0.6 is 0 Å². The molecule has 1 aromatic carbocycles. The van der Waals surface area contributed by atoms with Crippen LogP contribution < -0.4 is 0 Å². The lowest BCUT2D eigenvalue weighted by molar-refractivity contribution is 0.0770. The Balaban J connectivity index is 2.30. The Labute approximate surface area is 100 Å². The number of fused-ring (bicyclic) bond motifs is 1. The SMILES string of the molecule is COC(C)CC(=O)c1cc2cccc(C)c2o1. The zero-order chi connectivity index (χ0) is 12.4. The number of carbonyl (C=O) groups is 1. The van der Waals surface area contributed by atoms with Crippen molar-refractivity contribution in [2.45, 2.75) is 26.4 Å². The fraction of sp³-hybridized carbons (Fsp3) is 0.357. The van der Waals surface area contributed by atoms with Gasteiger partial charge < -0.3 is 9.15 Å². The Hall–Kier alpha value is -1.61. The second-order valence-corrected chi connectivity index (χ2v) is 4.28. The van der Waals surface area contributed by atoms with Crippen LogP contribution in [0.2, 0.25) is 0 Å². The fourth-order valence-electron chi connectivity index (χ4n) is 1.79. The van der Waals surface area contributed by atoms with Crippen molar-refractivity contribution in [3.63, 3.8) is 0 Å². The van der Waals surface area contributed by atoms with Gasteiger partial charge in [0.1, 0.15) is 5.58 Å². The van der Waals surface area contributed by atoms with E-state index < -0.39 is 0 Å². The number of ketones is 1. The van der Waals surface area contributed by atoms with Gasteiger partial charge >= 0.3 is 0 Å². The molecule has 1 unspecified atom stereocenters. The first kappa shape index (κ1) is 11.9. The zero-order valence-corrected chi connectivity index (χ0v) is 10.3. The molecule has 0 fully saturated rings. The monoisotopic (exact) mass is 232 g/mol. The zero-order valence-electron chi connectivity index (χ0n) is 10.3. The van der Waals surface area contributed by atoms with Gasteiger partial charge in [-0.05, 0) is 25.5 Å². The molecule has 0 bridgehead atoms. The number of para-hydroxylation sites is 1. The summed E-state index contributed by atoms with van der Waals surface area (Å²) in [5.41, 5.74) is 1.84. The fourth-order valence-corrected chi connectivity index (χ4v) is 1.79. The first-order valence-corrected chi connectivity index (χ1v) is 5.67. The van der Waals surface area contributed by atoms with Crippen LogP contribution in [0.15, 0.2) is 28.7 Å². The van der Waals surface area contributed by atoms with E-state index in [-0.39, 0.29) is 11.9 Å². The van der Waals surface area contributed by atoms with Crippen LogP contribution in [-0.4, -0.2) is 19.0 Å². The summed E-state index contributed by atoms with van der Waals surface area (Å²) in [5.74, 6) is 0.396. The normalized spacial score (nSPS) is 12.9. The Morgan fingerprint density at radius 1 is 1.47 bits per heavy atom. The van der Waals surface area contributed by atoms with Crippen molar-refractivity contribution in [3.8, 4) is 0 Å². The van der Waals surface area contributed by atoms with Gasteiger partial charge in [-0.2, -0.15) is 0 Å². The molecule has 0 saturated carbocycles. The molecule has 17 heavy (non-hydrogen) atoms. The van der Waals surface area contributed by atoms with E-state index in [9.17, 15) is 4.79 Å². The minimum Gasteiger partial charge on any atom is -0.453 e. The van der Waals surface area contributed by atoms with Gasteiger partial charge in [0, 0.05) is 18.9 Å². The Morgan fingerprint density at radius 2 is 2.24 bits per heavy atom. The van der Waals surface area contributed by atoms with Gasteiger partial charge in [-0.15, -0.1) is 0 Å². The van der Waals surface area contributed by atoms with E-state index in [4.69, 9.17) is 9.15 Å². The summed E-state index contributed by atoms with van der Waals surface area (Å²) in [4.78, 5) is 11.9. The van der Waals surface area contributed by atoms with Crippen molar-refractivity contribution in [1.82, 2.24) is 0 Å². The minimum absolute atomic E-state index is 0.0186. The standard InChI is InChI=1S/C14H16O3/c1-9-5-4-6-11-8-13(17-14(9)11)12(15)7-10(2)16-3/h4-6,8,10H,7H2,1-3H3. The predicted octanol–water partition coefficient (Wildman–Crippen LogP) is 3.35. The molecule has 0 saturated heterocycles. The van der Waals surface area contributed by atoms with Crippen LogP contribution in [0.25, 0.3) is 11.0 Å². The molecule has 0 aliphatic heterocycles. The molecule has 3 nitrogen and oxygen atoms in total. The molecule has 0 amide bonds. The van der Waals surface area contributed by atoms with Crippen LogP contribution in [0.1, 0.15) is 29.5 Å². The van der Waals surface area contributed by atoms with Crippen molar-refractivity contribution < 1.29 is 13.9 Å². The van der Waals surface area contributed by atoms with Gasteiger partial charge in [-0.25, -0.2) is 0 Å². The van der Waals surface area contributed by atoms with Gasteiger partial charge in [0.15, 0.2) is 5.76 Å². The molecular formula is C14H16O3. The molecule has 0 aliphatic rings. The third kappa shape index (κ3) is 2.39. The number of Topliss-reactive ketones (excluding diaryl/α,β-unsaturated/α-hetero) is 1. The average molecular weight is 232 g/mol. The molecule has 0 radical (unpaired) electrons. The number of aryl methyl sites for hydroxylation is 1. The molecule has 3 heteroatoms. The lowest BCUT2D eigenvalue weighted by atomic mass is 10.1. The van der Waals surface area contributed by atoms with Crippen molar-refractivity contribution in [1.29, 1.82) is 0 Å². The Kier molecular flexibility index (Phi) is 3.29. The van der Waals surface area contributed by atoms with Crippen molar-refractivity contribution >= 4 is 16.8 Å². The summed E-state index contributed by atoms with van der Waals surface area (Å²) < 4.78 is 10.7. The molecule has 0 aliphatic carbocycles. The van der Waals surface area contributed by atoms with Crippen molar-refractivity contribution in [2.75, 3.05) is 7.11 Å². The first-order valence-electron chi connectivity index (χ1n) is 5.67. The molecular weight excluding hydrogens is 216 g/mol. The van der Waals surface area contributed by atoms with Gasteiger partial charge in [0.25, 0.3) is 0 Å². The van der Waals surface area contributed by atoms with Crippen LogP contribution in [0.3, 0.4) is 0 Å². The Morgan fingerprint density at radius 3 is 2.88 bits per heavy atom. The molecule has 2 aromatic rings. The lowest BCUT2D eigenvalue weighted by Gasteiger charge is -2.05.